The molecule has 1 aromatic carbocycles. The van der Waals surface area contributed by atoms with Crippen molar-refractivity contribution in [2.24, 2.45) is 0 Å². The van der Waals surface area contributed by atoms with Gasteiger partial charge in [-0.2, -0.15) is 0 Å². The Labute approximate surface area is 128 Å². The van der Waals surface area contributed by atoms with Crippen LogP contribution in [-0.4, -0.2) is 45.6 Å². The molecule has 0 heterocycles. The fourth-order valence-corrected chi connectivity index (χ4v) is 1.95. The van der Waals surface area contributed by atoms with Gasteiger partial charge in [0, 0.05) is 4.47 Å². The van der Waals surface area contributed by atoms with Crippen molar-refractivity contribution in [2.45, 2.75) is 38.9 Å². The first-order valence-corrected chi connectivity index (χ1v) is 6.98. The number of hydrogen-bond acceptors (Lipinski definition) is 5. The Kier molecular flexibility index (Phi) is 5.46. The predicted molar refractivity (Wildman–Crippen MR) is 83.0 cm³/mol. The van der Waals surface area contributed by atoms with Crippen molar-refractivity contribution in [1.82, 2.24) is 0 Å². The Bertz CT molecular complexity index is 473. The van der Waals surface area contributed by atoms with Crippen LogP contribution in [0.5, 0.6) is 0 Å². The van der Waals surface area contributed by atoms with Crippen LogP contribution in [-0.2, 0) is 4.65 Å². The molecule has 0 amide bonds. The number of halogens is 1. The Morgan fingerprint density at radius 1 is 1.00 bits per heavy atom. The molecule has 0 fully saturated rings. The third-order valence-corrected chi connectivity index (χ3v) is 3.86. The van der Waals surface area contributed by atoms with E-state index in [1.54, 1.807) is 33.8 Å². The number of benzene rings is 1. The minimum absolute atomic E-state index is 0.234. The van der Waals surface area contributed by atoms with Crippen LogP contribution in [0.25, 0.3) is 0 Å². The van der Waals surface area contributed by atoms with Crippen molar-refractivity contribution in [1.29, 1.82) is 0 Å². The van der Waals surface area contributed by atoms with E-state index in [2.05, 4.69) is 15.9 Å². The van der Waals surface area contributed by atoms with Crippen molar-refractivity contribution < 1.29 is 24.8 Å². The smallest absolute Gasteiger partial charge is 0.423 e. The third-order valence-electron chi connectivity index (χ3n) is 3.41. The van der Waals surface area contributed by atoms with Gasteiger partial charge >= 0.3 is 14.2 Å². The molecular formula is C12H19B2BrO5. The summed E-state index contributed by atoms with van der Waals surface area (Å²) in [5, 5.41) is 38.5. The van der Waals surface area contributed by atoms with Gasteiger partial charge in [0.05, 0.1) is 11.2 Å². The van der Waals surface area contributed by atoms with E-state index in [0.717, 1.165) is 0 Å². The maximum absolute atomic E-state index is 10.1. The number of hydrogen-bond donors (Lipinski definition) is 4. The maximum atomic E-state index is 10.1. The number of aliphatic hydroxyl groups is 1. The van der Waals surface area contributed by atoms with Crippen molar-refractivity contribution in [3.05, 3.63) is 22.7 Å². The summed E-state index contributed by atoms with van der Waals surface area (Å²) in [6.07, 6.45) is 0. The molecule has 8 heteroatoms. The first kappa shape index (κ1) is 17.7. The molecule has 1 rings (SSSR count). The van der Waals surface area contributed by atoms with Gasteiger partial charge in [-0.3, -0.25) is 0 Å². The van der Waals surface area contributed by atoms with E-state index in [1.165, 1.54) is 12.1 Å². The fourth-order valence-electron chi connectivity index (χ4n) is 1.42. The van der Waals surface area contributed by atoms with Gasteiger partial charge in [0.2, 0.25) is 0 Å². The fraction of sp³-hybridized carbons (Fsp3) is 0.500. The topological polar surface area (TPSA) is 90.2 Å². The first-order valence-electron chi connectivity index (χ1n) is 6.19. The number of rotatable bonds is 5. The largest absolute Gasteiger partial charge is 0.491 e. The highest BCUT2D eigenvalue weighted by Crippen LogP contribution is 2.25. The molecule has 0 radical (unpaired) electrons. The summed E-state index contributed by atoms with van der Waals surface area (Å²) in [7, 11) is -2.94. The molecule has 0 bridgehead atoms. The molecule has 0 atom stereocenters. The Hall–Kier alpha value is -0.370. The molecule has 0 unspecified atom stereocenters. The molecule has 20 heavy (non-hydrogen) atoms. The Morgan fingerprint density at radius 2 is 1.50 bits per heavy atom. The molecule has 1 aromatic rings. The van der Waals surface area contributed by atoms with Crippen LogP contribution in [0, 0.1) is 0 Å². The van der Waals surface area contributed by atoms with E-state index < -0.39 is 25.4 Å². The van der Waals surface area contributed by atoms with Gasteiger partial charge in [-0.05, 0) is 50.8 Å². The van der Waals surface area contributed by atoms with Crippen LogP contribution in [0.15, 0.2) is 22.7 Å². The summed E-state index contributed by atoms with van der Waals surface area (Å²) >= 11 is 3.23. The quantitative estimate of drug-likeness (QED) is 0.535. The van der Waals surface area contributed by atoms with Gasteiger partial charge in [-0.1, -0.05) is 22.0 Å². The zero-order valence-electron chi connectivity index (χ0n) is 12.0. The average molecular weight is 345 g/mol. The van der Waals surface area contributed by atoms with Crippen LogP contribution in [0.2, 0.25) is 0 Å². The second-order valence-corrected chi connectivity index (χ2v) is 6.65. The lowest BCUT2D eigenvalue weighted by Gasteiger charge is -2.38. The van der Waals surface area contributed by atoms with Gasteiger partial charge in [0.25, 0.3) is 0 Å². The lowest BCUT2D eigenvalue weighted by atomic mass is 9.71. The molecular weight excluding hydrogens is 326 g/mol. The second-order valence-electron chi connectivity index (χ2n) is 5.73. The van der Waals surface area contributed by atoms with Crippen molar-refractivity contribution in [3.63, 3.8) is 0 Å². The van der Waals surface area contributed by atoms with Gasteiger partial charge in [-0.25, -0.2) is 0 Å². The van der Waals surface area contributed by atoms with E-state index in [0.29, 0.717) is 9.94 Å². The van der Waals surface area contributed by atoms with Gasteiger partial charge in [0.1, 0.15) is 0 Å². The molecule has 0 aliphatic carbocycles. The zero-order chi connectivity index (χ0) is 15.7. The van der Waals surface area contributed by atoms with E-state index in [9.17, 15) is 20.2 Å². The Morgan fingerprint density at radius 3 is 1.95 bits per heavy atom. The van der Waals surface area contributed by atoms with Gasteiger partial charge < -0.3 is 24.8 Å². The van der Waals surface area contributed by atoms with E-state index >= 15 is 0 Å². The molecule has 0 aromatic heterocycles. The van der Waals surface area contributed by atoms with E-state index in [-0.39, 0.29) is 5.46 Å². The van der Waals surface area contributed by atoms with Crippen LogP contribution < -0.4 is 10.9 Å². The lowest BCUT2D eigenvalue weighted by molar-refractivity contribution is -0.0982. The van der Waals surface area contributed by atoms with Crippen molar-refractivity contribution in [3.8, 4) is 0 Å². The van der Waals surface area contributed by atoms with E-state index in [1.807, 2.05) is 0 Å². The van der Waals surface area contributed by atoms with Crippen LogP contribution in [0.4, 0.5) is 0 Å². The van der Waals surface area contributed by atoms with E-state index in [4.69, 9.17) is 4.65 Å². The highest BCUT2D eigenvalue weighted by Gasteiger charge is 2.39. The summed E-state index contributed by atoms with van der Waals surface area (Å²) in [6, 6.07) is 4.57. The second kappa shape index (κ2) is 6.17. The van der Waals surface area contributed by atoms with Crippen LogP contribution >= 0.6 is 15.9 Å². The van der Waals surface area contributed by atoms with Crippen LogP contribution in [0.1, 0.15) is 27.7 Å². The maximum Gasteiger partial charge on any atom is 0.491 e. The monoisotopic (exact) mass is 344 g/mol. The summed E-state index contributed by atoms with van der Waals surface area (Å²) in [5.41, 5.74) is -1.55. The normalized spacial score (nSPS) is 12.4. The summed E-state index contributed by atoms with van der Waals surface area (Å²) < 4.78 is 6.08. The minimum Gasteiger partial charge on any atom is -0.423 e. The van der Waals surface area contributed by atoms with Crippen LogP contribution in [0.3, 0.4) is 0 Å². The zero-order valence-corrected chi connectivity index (χ0v) is 13.5. The molecule has 5 nitrogen and oxygen atoms in total. The SMILES string of the molecule is CC(C)(O)C(C)(C)OB(O)c1cc(Br)cc(B(O)O)c1. The highest BCUT2D eigenvalue weighted by molar-refractivity contribution is 9.10. The average Bonchev–Trinajstić information content (AvgIpc) is 2.25. The molecule has 0 aliphatic heterocycles. The molecule has 0 spiro atoms. The predicted octanol–water partition coefficient (Wildman–Crippen LogP) is -0.617. The van der Waals surface area contributed by atoms with Gasteiger partial charge in [0.15, 0.2) is 0 Å². The highest BCUT2D eigenvalue weighted by atomic mass is 79.9. The molecule has 0 aliphatic rings. The molecule has 4 N–H and O–H groups in total. The Balaban J connectivity index is 3.01. The standard InChI is InChI=1S/C12H19B2BrO5/c1-11(2,16)12(3,4)20-14(19)9-5-8(13(17)18)6-10(15)7-9/h5-7,16-19H,1-4H3. The third kappa shape index (κ3) is 4.31. The summed E-state index contributed by atoms with van der Waals surface area (Å²) in [5.74, 6) is 0. The molecule has 0 saturated heterocycles. The summed E-state index contributed by atoms with van der Waals surface area (Å²) in [6.45, 7) is 6.50. The van der Waals surface area contributed by atoms with Gasteiger partial charge in [-0.15, -0.1) is 0 Å². The van der Waals surface area contributed by atoms with Crippen molar-refractivity contribution >= 4 is 41.1 Å². The van der Waals surface area contributed by atoms with Crippen molar-refractivity contribution in [2.75, 3.05) is 0 Å². The first-order chi connectivity index (χ1) is 8.94. The molecule has 110 valence electrons. The lowest BCUT2D eigenvalue weighted by Crippen LogP contribution is -2.53. The summed E-state index contributed by atoms with van der Waals surface area (Å²) in [4.78, 5) is 0. The molecule has 0 saturated carbocycles. The minimum atomic E-state index is -1.64.